The Labute approximate surface area is 127 Å². The van der Waals surface area contributed by atoms with Crippen molar-refractivity contribution < 1.29 is 14.6 Å². The number of carbonyl (C=O) groups is 1. The van der Waals surface area contributed by atoms with E-state index in [1.165, 1.54) is 25.7 Å². The highest BCUT2D eigenvalue weighted by Gasteiger charge is 2.07. The standard InChI is InChI=1S/C18H26O3/c1-3-4-5-6-7-8-9-10-13-21-16-11-12-17(18(19)20)15(2)14-16/h8-9,11-12,14H,3-7,10,13H2,1-2H3,(H,19,20)/b9-8+. The molecule has 116 valence electrons. The van der Waals surface area contributed by atoms with Crippen LogP contribution in [0.1, 0.15) is 61.4 Å². The van der Waals surface area contributed by atoms with Gasteiger partial charge in [0.25, 0.3) is 0 Å². The van der Waals surface area contributed by atoms with Crippen LogP contribution < -0.4 is 4.74 Å². The van der Waals surface area contributed by atoms with E-state index in [0.29, 0.717) is 12.2 Å². The summed E-state index contributed by atoms with van der Waals surface area (Å²) in [6.07, 6.45) is 11.6. The van der Waals surface area contributed by atoms with Gasteiger partial charge >= 0.3 is 5.97 Å². The first-order valence-corrected chi connectivity index (χ1v) is 7.77. The number of carboxylic acids is 1. The molecule has 0 spiro atoms. The van der Waals surface area contributed by atoms with Crippen LogP contribution in [0.4, 0.5) is 0 Å². The number of carboxylic acid groups (broad SMARTS) is 1. The SMILES string of the molecule is CCCCCC/C=C/CCOc1ccc(C(=O)O)c(C)c1. The van der Waals surface area contributed by atoms with Crippen molar-refractivity contribution in [2.24, 2.45) is 0 Å². The maximum Gasteiger partial charge on any atom is 0.335 e. The second-order valence-electron chi connectivity index (χ2n) is 5.24. The lowest BCUT2D eigenvalue weighted by Crippen LogP contribution is -2.01. The van der Waals surface area contributed by atoms with Crippen molar-refractivity contribution in [3.8, 4) is 5.75 Å². The molecule has 21 heavy (non-hydrogen) atoms. The molecule has 0 aliphatic heterocycles. The van der Waals surface area contributed by atoms with Crippen molar-refractivity contribution in [1.82, 2.24) is 0 Å². The van der Waals surface area contributed by atoms with Gasteiger partial charge in [0, 0.05) is 0 Å². The molecule has 0 saturated heterocycles. The van der Waals surface area contributed by atoms with E-state index in [-0.39, 0.29) is 0 Å². The molecule has 1 rings (SSSR count). The van der Waals surface area contributed by atoms with E-state index in [2.05, 4.69) is 19.1 Å². The summed E-state index contributed by atoms with van der Waals surface area (Å²) in [5.74, 6) is -0.168. The van der Waals surface area contributed by atoms with Crippen molar-refractivity contribution in [2.75, 3.05) is 6.61 Å². The Hall–Kier alpha value is -1.77. The second kappa shape index (κ2) is 10.0. The summed E-state index contributed by atoms with van der Waals surface area (Å²) in [5.41, 5.74) is 1.06. The minimum Gasteiger partial charge on any atom is -0.493 e. The quantitative estimate of drug-likeness (QED) is 0.488. The monoisotopic (exact) mass is 290 g/mol. The van der Waals surface area contributed by atoms with Crippen LogP contribution in [-0.2, 0) is 0 Å². The average Bonchev–Trinajstić information content (AvgIpc) is 2.45. The fraction of sp³-hybridized carbons (Fsp3) is 0.500. The number of allylic oxidation sites excluding steroid dienone is 1. The van der Waals surface area contributed by atoms with Gasteiger partial charge in [-0.2, -0.15) is 0 Å². The number of rotatable bonds is 10. The highest BCUT2D eigenvalue weighted by Crippen LogP contribution is 2.17. The van der Waals surface area contributed by atoms with E-state index >= 15 is 0 Å². The maximum atomic E-state index is 10.9. The van der Waals surface area contributed by atoms with Crippen LogP contribution in [0.25, 0.3) is 0 Å². The molecule has 1 aromatic rings. The van der Waals surface area contributed by atoms with Gasteiger partial charge in [-0.25, -0.2) is 4.79 Å². The zero-order chi connectivity index (χ0) is 15.5. The first kappa shape index (κ1) is 17.3. The van der Waals surface area contributed by atoms with Crippen molar-refractivity contribution in [1.29, 1.82) is 0 Å². The minimum absolute atomic E-state index is 0.328. The zero-order valence-corrected chi connectivity index (χ0v) is 13.1. The number of hydrogen-bond acceptors (Lipinski definition) is 2. The Morgan fingerprint density at radius 3 is 2.62 bits per heavy atom. The molecule has 1 aromatic carbocycles. The van der Waals surface area contributed by atoms with Crippen molar-refractivity contribution >= 4 is 5.97 Å². The molecule has 0 aromatic heterocycles. The van der Waals surface area contributed by atoms with Gasteiger partial charge in [0.1, 0.15) is 5.75 Å². The van der Waals surface area contributed by atoms with E-state index in [9.17, 15) is 4.79 Å². The van der Waals surface area contributed by atoms with Gasteiger partial charge in [-0.15, -0.1) is 0 Å². The Kier molecular flexibility index (Phi) is 8.25. The summed E-state index contributed by atoms with van der Waals surface area (Å²) in [4.78, 5) is 10.9. The van der Waals surface area contributed by atoms with Crippen LogP contribution in [0.5, 0.6) is 5.75 Å². The molecule has 0 amide bonds. The fourth-order valence-electron chi connectivity index (χ4n) is 2.14. The van der Waals surface area contributed by atoms with Gasteiger partial charge in [-0.3, -0.25) is 0 Å². The summed E-state index contributed by atoms with van der Waals surface area (Å²) in [6, 6.07) is 5.08. The molecule has 0 fully saturated rings. The lowest BCUT2D eigenvalue weighted by molar-refractivity contribution is 0.0696. The number of unbranched alkanes of at least 4 members (excludes halogenated alkanes) is 4. The number of aromatic carboxylic acids is 1. The lowest BCUT2D eigenvalue weighted by atomic mass is 10.1. The first-order chi connectivity index (χ1) is 10.1. The zero-order valence-electron chi connectivity index (χ0n) is 13.1. The third-order valence-electron chi connectivity index (χ3n) is 3.37. The number of ether oxygens (including phenoxy) is 1. The van der Waals surface area contributed by atoms with Crippen molar-refractivity contribution in [3.05, 3.63) is 41.5 Å². The van der Waals surface area contributed by atoms with Crippen LogP contribution in [0.2, 0.25) is 0 Å². The molecule has 0 unspecified atom stereocenters. The third-order valence-corrected chi connectivity index (χ3v) is 3.37. The van der Waals surface area contributed by atoms with Gasteiger partial charge in [0.2, 0.25) is 0 Å². The number of benzene rings is 1. The minimum atomic E-state index is -0.898. The van der Waals surface area contributed by atoms with Crippen LogP contribution in [0.15, 0.2) is 30.4 Å². The fourth-order valence-corrected chi connectivity index (χ4v) is 2.14. The Morgan fingerprint density at radius 2 is 1.95 bits per heavy atom. The Bertz CT molecular complexity index is 464. The molecule has 3 heteroatoms. The van der Waals surface area contributed by atoms with Gasteiger partial charge in [-0.05, 0) is 49.9 Å². The molecule has 0 aliphatic rings. The van der Waals surface area contributed by atoms with Gasteiger partial charge in [-0.1, -0.05) is 38.3 Å². The van der Waals surface area contributed by atoms with Gasteiger partial charge in [0.05, 0.1) is 12.2 Å². The van der Waals surface area contributed by atoms with Crippen LogP contribution in [0, 0.1) is 6.92 Å². The van der Waals surface area contributed by atoms with E-state index in [1.54, 1.807) is 25.1 Å². The van der Waals surface area contributed by atoms with Crippen LogP contribution in [-0.4, -0.2) is 17.7 Å². The summed E-state index contributed by atoms with van der Waals surface area (Å²) in [5, 5.41) is 8.96. The summed E-state index contributed by atoms with van der Waals surface area (Å²) in [6.45, 7) is 4.63. The highest BCUT2D eigenvalue weighted by molar-refractivity contribution is 5.89. The first-order valence-electron chi connectivity index (χ1n) is 7.77. The Balaban J connectivity index is 2.22. The van der Waals surface area contributed by atoms with Crippen LogP contribution in [0.3, 0.4) is 0 Å². The number of hydrogen-bond donors (Lipinski definition) is 1. The summed E-state index contributed by atoms with van der Waals surface area (Å²) in [7, 11) is 0. The van der Waals surface area contributed by atoms with Crippen LogP contribution >= 0.6 is 0 Å². The van der Waals surface area contributed by atoms with E-state index in [1.807, 2.05) is 0 Å². The average molecular weight is 290 g/mol. The van der Waals surface area contributed by atoms with E-state index in [4.69, 9.17) is 9.84 Å². The normalized spacial score (nSPS) is 11.0. The lowest BCUT2D eigenvalue weighted by Gasteiger charge is -2.07. The molecule has 1 N–H and O–H groups in total. The smallest absolute Gasteiger partial charge is 0.335 e. The van der Waals surface area contributed by atoms with E-state index in [0.717, 1.165) is 24.2 Å². The van der Waals surface area contributed by atoms with E-state index < -0.39 is 5.97 Å². The molecule has 0 radical (unpaired) electrons. The molecule has 0 saturated carbocycles. The molecular weight excluding hydrogens is 264 g/mol. The van der Waals surface area contributed by atoms with Gasteiger partial charge < -0.3 is 9.84 Å². The largest absolute Gasteiger partial charge is 0.493 e. The molecule has 0 aliphatic carbocycles. The summed E-state index contributed by atoms with van der Waals surface area (Å²) < 4.78 is 5.62. The van der Waals surface area contributed by atoms with Crippen molar-refractivity contribution in [2.45, 2.75) is 52.4 Å². The Morgan fingerprint density at radius 1 is 1.19 bits per heavy atom. The molecule has 0 heterocycles. The van der Waals surface area contributed by atoms with Crippen molar-refractivity contribution in [3.63, 3.8) is 0 Å². The second-order valence-corrected chi connectivity index (χ2v) is 5.24. The maximum absolute atomic E-state index is 10.9. The highest BCUT2D eigenvalue weighted by atomic mass is 16.5. The number of aryl methyl sites for hydroxylation is 1. The molecular formula is C18H26O3. The molecule has 0 atom stereocenters. The predicted octanol–water partition coefficient (Wildman–Crippen LogP) is 4.99. The third kappa shape index (κ3) is 6.98. The van der Waals surface area contributed by atoms with Gasteiger partial charge in [0.15, 0.2) is 0 Å². The predicted molar refractivity (Wildman–Crippen MR) is 86.1 cm³/mol. The topological polar surface area (TPSA) is 46.5 Å². The summed E-state index contributed by atoms with van der Waals surface area (Å²) >= 11 is 0. The molecule has 0 bridgehead atoms. The molecule has 3 nitrogen and oxygen atoms in total.